The fourth-order valence-electron chi connectivity index (χ4n) is 6.07. The van der Waals surface area contributed by atoms with Gasteiger partial charge in [-0.05, 0) is 112 Å². The summed E-state index contributed by atoms with van der Waals surface area (Å²) < 4.78 is 13.5. The van der Waals surface area contributed by atoms with Crippen LogP contribution in [0.2, 0.25) is 0 Å². The first-order valence-corrected chi connectivity index (χ1v) is 16.7. The van der Waals surface area contributed by atoms with Crippen LogP contribution in [0.3, 0.4) is 0 Å². The lowest BCUT2D eigenvalue weighted by Gasteiger charge is -2.18. The molecule has 0 aliphatic rings. The van der Waals surface area contributed by atoms with Crippen molar-refractivity contribution in [2.24, 2.45) is 13.0 Å². The van der Waals surface area contributed by atoms with Crippen molar-refractivity contribution < 1.29 is 19.1 Å². The Bertz CT molecular complexity index is 1410. The molecule has 0 atom stereocenters. The third kappa shape index (κ3) is 10.5. The van der Waals surface area contributed by atoms with Crippen LogP contribution in [0.15, 0.2) is 91.0 Å². The number of ketones is 1. The SMILES string of the molecule is CCOC(=O)CCCc1cc(C(=O)c2ccc(OCC(CCCc3ccccc3)CCCc3ccccc3)cc2)c(CC)n1C. The van der Waals surface area contributed by atoms with Gasteiger partial charge in [0.1, 0.15) is 5.75 Å². The fraction of sp³-hybridized carbons (Fsp3) is 0.400. The van der Waals surface area contributed by atoms with Gasteiger partial charge in [0.2, 0.25) is 0 Å². The van der Waals surface area contributed by atoms with Gasteiger partial charge in [-0.3, -0.25) is 9.59 Å². The maximum absolute atomic E-state index is 13.6. The molecule has 0 bridgehead atoms. The fourth-order valence-corrected chi connectivity index (χ4v) is 6.07. The van der Waals surface area contributed by atoms with E-state index in [0.29, 0.717) is 37.5 Å². The number of ether oxygens (including phenoxy) is 2. The van der Waals surface area contributed by atoms with E-state index in [0.717, 1.165) is 74.1 Å². The number of hydrogen-bond acceptors (Lipinski definition) is 4. The third-order valence-corrected chi connectivity index (χ3v) is 8.60. The van der Waals surface area contributed by atoms with E-state index in [1.807, 2.05) is 44.3 Å². The second-order valence-corrected chi connectivity index (χ2v) is 11.9. The molecule has 0 saturated carbocycles. The number of carbonyl (C=O) groups is 2. The monoisotopic (exact) mass is 607 g/mol. The van der Waals surface area contributed by atoms with Gasteiger partial charge in [0.25, 0.3) is 0 Å². The van der Waals surface area contributed by atoms with Crippen molar-refractivity contribution in [2.45, 2.75) is 78.1 Å². The molecule has 0 amide bonds. The van der Waals surface area contributed by atoms with Crippen molar-refractivity contribution in [3.63, 3.8) is 0 Å². The maximum Gasteiger partial charge on any atom is 0.305 e. The molecule has 238 valence electrons. The highest BCUT2D eigenvalue weighted by Gasteiger charge is 2.19. The van der Waals surface area contributed by atoms with E-state index in [-0.39, 0.29) is 11.8 Å². The molecule has 0 aliphatic heterocycles. The molecule has 0 spiro atoms. The lowest BCUT2D eigenvalue weighted by Crippen LogP contribution is -2.13. The number of aryl methyl sites for hydroxylation is 3. The molecule has 4 rings (SSSR count). The van der Waals surface area contributed by atoms with Crippen molar-refractivity contribution in [3.8, 4) is 5.75 Å². The van der Waals surface area contributed by atoms with Crippen LogP contribution in [0.1, 0.15) is 90.8 Å². The average Bonchev–Trinajstić information content (AvgIpc) is 3.39. The summed E-state index contributed by atoms with van der Waals surface area (Å²) in [5.41, 5.74) is 6.23. The predicted octanol–water partition coefficient (Wildman–Crippen LogP) is 8.75. The number of hydrogen-bond donors (Lipinski definition) is 0. The third-order valence-electron chi connectivity index (χ3n) is 8.60. The Morgan fingerprint density at radius 1 is 0.756 bits per heavy atom. The minimum atomic E-state index is -0.174. The molecular weight excluding hydrogens is 558 g/mol. The van der Waals surface area contributed by atoms with Crippen LogP contribution in [0.25, 0.3) is 0 Å². The number of benzene rings is 3. The van der Waals surface area contributed by atoms with Gasteiger partial charge >= 0.3 is 5.97 Å². The summed E-state index contributed by atoms with van der Waals surface area (Å²) in [6.07, 6.45) is 9.24. The topological polar surface area (TPSA) is 57.5 Å². The van der Waals surface area contributed by atoms with Gasteiger partial charge in [0.15, 0.2) is 5.78 Å². The first-order chi connectivity index (χ1) is 22.0. The summed E-state index contributed by atoms with van der Waals surface area (Å²) in [7, 11) is 2.00. The summed E-state index contributed by atoms with van der Waals surface area (Å²) in [4.78, 5) is 25.3. The molecule has 0 aliphatic carbocycles. The van der Waals surface area contributed by atoms with Gasteiger partial charge in [0.05, 0.1) is 13.2 Å². The zero-order chi connectivity index (χ0) is 31.9. The van der Waals surface area contributed by atoms with E-state index in [1.54, 1.807) is 0 Å². The summed E-state index contributed by atoms with van der Waals surface area (Å²) in [6.45, 7) is 4.96. The van der Waals surface area contributed by atoms with Crippen molar-refractivity contribution in [1.82, 2.24) is 4.57 Å². The van der Waals surface area contributed by atoms with E-state index in [9.17, 15) is 9.59 Å². The van der Waals surface area contributed by atoms with Crippen LogP contribution in [0.5, 0.6) is 5.75 Å². The van der Waals surface area contributed by atoms with E-state index in [1.165, 1.54) is 11.1 Å². The van der Waals surface area contributed by atoms with E-state index >= 15 is 0 Å². The Kier molecular flexibility index (Phi) is 13.5. The zero-order valence-electron chi connectivity index (χ0n) is 27.3. The van der Waals surface area contributed by atoms with Crippen LogP contribution < -0.4 is 4.74 Å². The minimum absolute atomic E-state index is 0.0188. The lowest BCUT2D eigenvalue weighted by atomic mass is 9.94. The molecule has 0 unspecified atom stereocenters. The second-order valence-electron chi connectivity index (χ2n) is 11.9. The van der Waals surface area contributed by atoms with Gasteiger partial charge in [-0.2, -0.15) is 0 Å². The first kappa shape index (κ1) is 33.8. The van der Waals surface area contributed by atoms with Crippen molar-refractivity contribution in [2.75, 3.05) is 13.2 Å². The summed E-state index contributed by atoms with van der Waals surface area (Å²) in [6, 6.07) is 31.0. The van der Waals surface area contributed by atoms with Gasteiger partial charge in [0, 0.05) is 36.0 Å². The van der Waals surface area contributed by atoms with Gasteiger partial charge < -0.3 is 14.0 Å². The molecule has 3 aromatic carbocycles. The molecule has 5 heteroatoms. The molecule has 4 aromatic rings. The van der Waals surface area contributed by atoms with Crippen molar-refractivity contribution in [1.29, 1.82) is 0 Å². The number of aromatic nitrogens is 1. The zero-order valence-corrected chi connectivity index (χ0v) is 27.3. The molecule has 5 nitrogen and oxygen atoms in total. The molecule has 0 radical (unpaired) electrons. The van der Waals surface area contributed by atoms with E-state index in [2.05, 4.69) is 72.2 Å². The maximum atomic E-state index is 13.6. The molecule has 1 aromatic heterocycles. The van der Waals surface area contributed by atoms with Crippen molar-refractivity contribution >= 4 is 11.8 Å². The summed E-state index contributed by atoms with van der Waals surface area (Å²) in [5, 5.41) is 0. The summed E-state index contributed by atoms with van der Waals surface area (Å²) in [5.74, 6) is 1.11. The van der Waals surface area contributed by atoms with Crippen molar-refractivity contribution in [3.05, 3.63) is 125 Å². The Labute approximate surface area is 269 Å². The van der Waals surface area contributed by atoms with Crippen LogP contribution in [-0.2, 0) is 42.3 Å². The van der Waals surface area contributed by atoms with Gasteiger partial charge in [-0.25, -0.2) is 0 Å². The average molecular weight is 608 g/mol. The molecule has 0 saturated heterocycles. The summed E-state index contributed by atoms with van der Waals surface area (Å²) >= 11 is 0. The highest BCUT2D eigenvalue weighted by Crippen LogP contribution is 2.24. The molecule has 0 N–H and O–H groups in total. The number of rotatable bonds is 19. The molecule has 45 heavy (non-hydrogen) atoms. The van der Waals surface area contributed by atoms with Crippen LogP contribution in [-0.4, -0.2) is 29.5 Å². The van der Waals surface area contributed by atoms with E-state index < -0.39 is 0 Å². The lowest BCUT2D eigenvalue weighted by molar-refractivity contribution is -0.143. The number of nitrogens with zero attached hydrogens (tertiary/aromatic N) is 1. The molecule has 1 heterocycles. The standard InChI is InChI=1S/C40H49NO4/c1-4-38-37(29-35(41(38)3)23-14-24-39(42)44-5-2)40(43)34-25-27-36(28-26-34)45-30-33(21-12-19-31-15-8-6-9-16-31)22-13-20-32-17-10-7-11-18-32/h6-11,15-18,25-29,33H,4-5,12-14,19-24,30H2,1-3H3. The highest BCUT2D eigenvalue weighted by molar-refractivity contribution is 6.10. The molecule has 0 fully saturated rings. The van der Waals surface area contributed by atoms with E-state index in [4.69, 9.17) is 9.47 Å². The first-order valence-electron chi connectivity index (χ1n) is 16.7. The number of carbonyl (C=O) groups excluding carboxylic acids is 2. The van der Waals surface area contributed by atoms with Gasteiger partial charge in [-0.15, -0.1) is 0 Å². The number of esters is 1. The van der Waals surface area contributed by atoms with Crippen LogP contribution >= 0.6 is 0 Å². The Morgan fingerprint density at radius 3 is 1.91 bits per heavy atom. The second kappa shape index (κ2) is 18.0. The predicted molar refractivity (Wildman–Crippen MR) is 182 cm³/mol. The van der Waals surface area contributed by atoms with Gasteiger partial charge in [-0.1, -0.05) is 67.6 Å². The largest absolute Gasteiger partial charge is 0.493 e. The molecular formula is C40H49NO4. The highest BCUT2D eigenvalue weighted by atomic mass is 16.5. The van der Waals surface area contributed by atoms with Crippen LogP contribution in [0, 0.1) is 5.92 Å². The Morgan fingerprint density at radius 2 is 1.36 bits per heavy atom. The minimum Gasteiger partial charge on any atom is -0.493 e. The Balaban J connectivity index is 1.34. The Hall–Kier alpha value is -4.12. The smallest absolute Gasteiger partial charge is 0.305 e. The van der Waals surface area contributed by atoms with Crippen LogP contribution in [0.4, 0.5) is 0 Å². The normalized spacial score (nSPS) is 11.1. The quantitative estimate of drug-likeness (QED) is 0.0790.